The second kappa shape index (κ2) is 9.23. The minimum atomic E-state index is -4.45. The van der Waals surface area contributed by atoms with Gasteiger partial charge < -0.3 is 15.5 Å². The molecule has 1 heterocycles. The number of rotatable bonds is 5. The highest BCUT2D eigenvalue weighted by molar-refractivity contribution is 7.92. The van der Waals surface area contributed by atoms with Crippen molar-refractivity contribution in [2.75, 3.05) is 38.5 Å². The largest absolute Gasteiger partial charge is 0.416 e. The lowest BCUT2D eigenvalue weighted by Gasteiger charge is -2.39. The SMILES string of the molecule is CCNC(=NCCNC(=O)c1ccc(C(F)(F)F)cc1)N1CCS(=O)(=O)C(C)(C)C1. The maximum Gasteiger partial charge on any atom is 0.416 e. The van der Waals surface area contributed by atoms with E-state index in [1.165, 1.54) is 0 Å². The molecule has 1 aliphatic rings. The molecule has 0 saturated carbocycles. The molecule has 7 nitrogen and oxygen atoms in total. The maximum atomic E-state index is 12.6. The van der Waals surface area contributed by atoms with Crippen LogP contribution in [0.5, 0.6) is 0 Å². The fourth-order valence-corrected chi connectivity index (χ4v) is 4.36. The summed E-state index contributed by atoms with van der Waals surface area (Å²) in [6.07, 6.45) is -4.45. The van der Waals surface area contributed by atoms with Gasteiger partial charge in [-0.1, -0.05) is 0 Å². The minimum absolute atomic E-state index is 0.0368. The van der Waals surface area contributed by atoms with Crippen LogP contribution in [0, 0.1) is 0 Å². The molecule has 0 bridgehead atoms. The number of halogens is 3. The Kier molecular flexibility index (Phi) is 7.38. The summed E-state index contributed by atoms with van der Waals surface area (Å²) in [5, 5.41) is 5.74. The molecule has 1 aromatic carbocycles. The van der Waals surface area contributed by atoms with E-state index in [1.54, 1.807) is 13.8 Å². The van der Waals surface area contributed by atoms with E-state index in [1.807, 2.05) is 11.8 Å². The van der Waals surface area contributed by atoms with Crippen LogP contribution in [0.3, 0.4) is 0 Å². The zero-order valence-electron chi connectivity index (χ0n) is 17.2. The number of nitrogens with one attached hydrogen (secondary N) is 2. The van der Waals surface area contributed by atoms with Crippen molar-refractivity contribution < 1.29 is 26.4 Å². The van der Waals surface area contributed by atoms with Crippen molar-refractivity contribution in [1.82, 2.24) is 15.5 Å². The van der Waals surface area contributed by atoms with Gasteiger partial charge in [0, 0.05) is 31.7 Å². The van der Waals surface area contributed by atoms with Crippen molar-refractivity contribution in [2.45, 2.75) is 31.7 Å². The number of nitrogens with zero attached hydrogens (tertiary/aromatic N) is 2. The van der Waals surface area contributed by atoms with Gasteiger partial charge in [0.25, 0.3) is 5.91 Å². The van der Waals surface area contributed by atoms with E-state index in [0.29, 0.717) is 25.6 Å². The average molecular weight is 449 g/mol. The first-order chi connectivity index (χ1) is 13.9. The fraction of sp³-hybridized carbons (Fsp3) is 0.579. The van der Waals surface area contributed by atoms with Crippen molar-refractivity contribution in [3.8, 4) is 0 Å². The Bertz CT molecular complexity index is 881. The van der Waals surface area contributed by atoms with Gasteiger partial charge in [0.1, 0.15) is 0 Å². The van der Waals surface area contributed by atoms with Gasteiger partial charge in [-0.05, 0) is 45.0 Å². The molecule has 1 amide bonds. The van der Waals surface area contributed by atoms with Gasteiger partial charge in [-0.2, -0.15) is 13.2 Å². The summed E-state index contributed by atoms with van der Waals surface area (Å²) < 4.78 is 61.2. The molecule has 0 aromatic heterocycles. The molecular weight excluding hydrogens is 421 g/mol. The topological polar surface area (TPSA) is 90.9 Å². The second-order valence-electron chi connectivity index (χ2n) is 7.57. The lowest BCUT2D eigenvalue weighted by atomic mass is 10.1. The highest BCUT2D eigenvalue weighted by Gasteiger charge is 2.41. The number of amides is 1. The van der Waals surface area contributed by atoms with Gasteiger partial charge in [0.15, 0.2) is 15.8 Å². The van der Waals surface area contributed by atoms with E-state index in [-0.39, 0.29) is 24.4 Å². The van der Waals surface area contributed by atoms with E-state index < -0.39 is 32.2 Å². The van der Waals surface area contributed by atoms with Crippen molar-refractivity contribution in [2.24, 2.45) is 4.99 Å². The summed E-state index contributed by atoms with van der Waals surface area (Å²) in [6, 6.07) is 3.98. The van der Waals surface area contributed by atoms with E-state index in [0.717, 1.165) is 24.3 Å². The zero-order valence-corrected chi connectivity index (χ0v) is 18.0. The van der Waals surface area contributed by atoms with Crippen LogP contribution >= 0.6 is 0 Å². The molecule has 0 atom stereocenters. The predicted octanol–water partition coefficient (Wildman–Crippen LogP) is 1.91. The minimum Gasteiger partial charge on any atom is -0.357 e. The Hall–Kier alpha value is -2.30. The molecule has 1 saturated heterocycles. The summed E-state index contributed by atoms with van der Waals surface area (Å²) in [7, 11) is -3.17. The molecule has 2 N–H and O–H groups in total. The molecule has 1 aliphatic heterocycles. The van der Waals surface area contributed by atoms with E-state index >= 15 is 0 Å². The molecule has 1 fully saturated rings. The number of sulfone groups is 1. The first-order valence-corrected chi connectivity index (χ1v) is 11.2. The normalized spacial score (nSPS) is 18.7. The van der Waals surface area contributed by atoms with Crippen molar-refractivity contribution in [1.29, 1.82) is 0 Å². The molecule has 1 aromatic rings. The number of carbonyl (C=O) groups is 1. The van der Waals surface area contributed by atoms with Crippen LogP contribution in [-0.4, -0.2) is 68.4 Å². The van der Waals surface area contributed by atoms with Gasteiger partial charge in [0.05, 0.1) is 22.6 Å². The monoisotopic (exact) mass is 448 g/mol. The Balaban J connectivity index is 1.94. The number of benzene rings is 1. The fourth-order valence-electron chi connectivity index (χ4n) is 2.99. The predicted molar refractivity (Wildman–Crippen MR) is 109 cm³/mol. The Morgan fingerprint density at radius 2 is 1.83 bits per heavy atom. The molecule has 11 heteroatoms. The van der Waals surface area contributed by atoms with E-state index in [2.05, 4.69) is 15.6 Å². The zero-order chi connectivity index (χ0) is 22.6. The molecule has 0 spiro atoms. The smallest absolute Gasteiger partial charge is 0.357 e. The number of aliphatic imine (C=N–C) groups is 1. The van der Waals surface area contributed by atoms with Crippen LogP contribution in [-0.2, 0) is 16.0 Å². The lowest BCUT2D eigenvalue weighted by molar-refractivity contribution is -0.137. The third-order valence-electron chi connectivity index (χ3n) is 4.81. The van der Waals surface area contributed by atoms with Crippen LogP contribution in [0.2, 0.25) is 0 Å². The standard InChI is InChI=1S/C19H27F3N4O3S/c1-4-23-17(26-11-12-30(28,29)18(2,3)13-26)25-10-9-24-16(27)14-5-7-15(8-6-14)19(20,21)22/h5-8H,4,9-13H2,1-3H3,(H,23,25)(H,24,27). The van der Waals surface area contributed by atoms with Crippen molar-refractivity contribution in [3.05, 3.63) is 35.4 Å². The number of hydrogen-bond acceptors (Lipinski definition) is 4. The van der Waals surface area contributed by atoms with E-state index in [9.17, 15) is 26.4 Å². The van der Waals surface area contributed by atoms with Crippen LogP contribution in [0.15, 0.2) is 29.3 Å². The first-order valence-electron chi connectivity index (χ1n) is 9.58. The number of guanidine groups is 1. The Labute approximate surface area is 174 Å². The number of carbonyl (C=O) groups excluding carboxylic acids is 1. The average Bonchev–Trinajstić information content (AvgIpc) is 2.66. The van der Waals surface area contributed by atoms with Gasteiger partial charge in [-0.15, -0.1) is 0 Å². The third kappa shape index (κ3) is 5.87. The molecule has 30 heavy (non-hydrogen) atoms. The lowest BCUT2D eigenvalue weighted by Crippen LogP contribution is -2.57. The third-order valence-corrected chi connectivity index (χ3v) is 7.34. The van der Waals surface area contributed by atoms with Crippen molar-refractivity contribution >= 4 is 21.7 Å². The first kappa shape index (κ1) is 24.0. The van der Waals surface area contributed by atoms with E-state index in [4.69, 9.17) is 0 Å². The van der Waals surface area contributed by atoms with Gasteiger partial charge >= 0.3 is 6.18 Å². The second-order valence-corrected chi connectivity index (χ2v) is 10.3. The molecule has 0 unspecified atom stereocenters. The maximum absolute atomic E-state index is 12.6. The van der Waals surface area contributed by atoms with Crippen molar-refractivity contribution in [3.63, 3.8) is 0 Å². The summed E-state index contributed by atoms with van der Waals surface area (Å²) in [5.41, 5.74) is -0.688. The summed E-state index contributed by atoms with van der Waals surface area (Å²) >= 11 is 0. The van der Waals surface area contributed by atoms with Crippen LogP contribution in [0.4, 0.5) is 13.2 Å². The van der Waals surface area contributed by atoms with Crippen LogP contribution in [0.25, 0.3) is 0 Å². The summed E-state index contributed by atoms with van der Waals surface area (Å²) in [6.45, 7) is 6.91. The quantitative estimate of drug-likeness (QED) is 0.408. The number of alkyl halides is 3. The Morgan fingerprint density at radius 3 is 2.37 bits per heavy atom. The number of hydrogen-bond donors (Lipinski definition) is 2. The molecule has 2 rings (SSSR count). The molecular formula is C19H27F3N4O3S. The molecule has 168 valence electrons. The summed E-state index contributed by atoms with van der Waals surface area (Å²) in [4.78, 5) is 18.4. The van der Waals surface area contributed by atoms with Gasteiger partial charge in [-0.25, -0.2) is 8.42 Å². The highest BCUT2D eigenvalue weighted by atomic mass is 32.2. The van der Waals surface area contributed by atoms with Crippen LogP contribution < -0.4 is 10.6 Å². The van der Waals surface area contributed by atoms with Gasteiger partial charge in [0.2, 0.25) is 0 Å². The van der Waals surface area contributed by atoms with Crippen LogP contribution in [0.1, 0.15) is 36.7 Å². The Morgan fingerprint density at radius 1 is 1.20 bits per heavy atom. The highest BCUT2D eigenvalue weighted by Crippen LogP contribution is 2.29. The summed E-state index contributed by atoms with van der Waals surface area (Å²) in [5.74, 6) is 0.105. The van der Waals surface area contributed by atoms with Gasteiger partial charge in [-0.3, -0.25) is 9.79 Å². The molecule has 0 radical (unpaired) electrons. The molecule has 0 aliphatic carbocycles.